The van der Waals surface area contributed by atoms with Crippen molar-refractivity contribution in [3.05, 3.63) is 107 Å². The number of nitrogen functional groups attached to an aromatic ring is 1. The summed E-state index contributed by atoms with van der Waals surface area (Å²) in [5.41, 5.74) is 17.4. The maximum absolute atomic E-state index is 13.3. The van der Waals surface area contributed by atoms with E-state index in [0.717, 1.165) is 53.7 Å². The first-order valence-electron chi connectivity index (χ1n) is 16.5. The Morgan fingerprint density at radius 1 is 0.936 bits per heavy atom. The number of hydrogen-bond donors (Lipinski definition) is 3. The molecule has 0 bridgehead atoms. The van der Waals surface area contributed by atoms with Gasteiger partial charge in [-0.25, -0.2) is 4.98 Å². The Kier molecular flexibility index (Phi) is 9.73. The summed E-state index contributed by atoms with van der Waals surface area (Å²) in [4.78, 5) is 34.4. The lowest BCUT2D eigenvalue weighted by atomic mass is 9.95. The van der Waals surface area contributed by atoms with Gasteiger partial charge in [-0.05, 0) is 117 Å². The first-order valence-corrected chi connectivity index (χ1v) is 16.5. The molecule has 2 fully saturated rings. The average Bonchev–Trinajstić information content (AvgIpc) is 3.63. The standard InChI is InChI=1S/C38H43N5O4/c1-25(29-13-14-34(37(40)45)30(22-29)8-7-26-5-4-6-33(44)21-26)47-35-23-31(24-41-36(35)39)27-9-11-28(12-10-27)38(46)43-19-15-32(16-20-43)42-17-2-3-18-42/h4-6,9-14,21-25,32,44H,2-3,7-8,15-20H2,1H3,(H2,39,41)(H2,40,45). The molecule has 2 saturated heterocycles. The molecule has 5 N–H and O–H groups in total. The number of aromatic nitrogens is 1. The predicted molar refractivity (Wildman–Crippen MR) is 183 cm³/mol. The molecule has 1 aromatic heterocycles. The summed E-state index contributed by atoms with van der Waals surface area (Å²) in [6.45, 7) is 5.90. The number of benzene rings is 3. The van der Waals surface area contributed by atoms with E-state index in [1.165, 1.54) is 25.9 Å². The van der Waals surface area contributed by atoms with Crippen molar-refractivity contribution in [3.63, 3.8) is 0 Å². The van der Waals surface area contributed by atoms with Crippen molar-refractivity contribution >= 4 is 17.6 Å². The normalized spacial score (nSPS) is 16.2. The molecule has 6 rings (SSSR count). The van der Waals surface area contributed by atoms with Gasteiger partial charge in [-0.15, -0.1) is 0 Å². The van der Waals surface area contributed by atoms with E-state index in [1.54, 1.807) is 30.5 Å². The van der Waals surface area contributed by atoms with Crippen LogP contribution in [0, 0.1) is 0 Å². The van der Waals surface area contributed by atoms with Crippen molar-refractivity contribution in [2.75, 3.05) is 31.9 Å². The van der Waals surface area contributed by atoms with Gasteiger partial charge in [0, 0.05) is 42.0 Å². The van der Waals surface area contributed by atoms with Crippen molar-refractivity contribution in [2.45, 2.75) is 57.6 Å². The molecule has 1 unspecified atom stereocenters. The van der Waals surface area contributed by atoms with E-state index in [1.807, 2.05) is 60.4 Å². The fourth-order valence-electron chi connectivity index (χ4n) is 6.80. The molecule has 0 aliphatic carbocycles. The topological polar surface area (TPSA) is 135 Å². The smallest absolute Gasteiger partial charge is 0.253 e. The number of primary amides is 1. The number of aromatic hydroxyl groups is 1. The lowest BCUT2D eigenvalue weighted by Crippen LogP contribution is -2.45. The third-order valence-electron chi connectivity index (χ3n) is 9.52. The Bertz CT molecular complexity index is 1730. The molecular formula is C38H43N5O4. The summed E-state index contributed by atoms with van der Waals surface area (Å²) in [7, 11) is 0. The number of phenolic OH excluding ortho intramolecular Hbond substituents is 1. The molecule has 2 amide bonds. The maximum Gasteiger partial charge on any atom is 0.253 e. The van der Waals surface area contributed by atoms with Gasteiger partial charge in [-0.3, -0.25) is 9.59 Å². The molecule has 0 spiro atoms. The zero-order valence-electron chi connectivity index (χ0n) is 26.9. The van der Waals surface area contributed by atoms with Crippen LogP contribution in [0.3, 0.4) is 0 Å². The maximum atomic E-state index is 13.3. The van der Waals surface area contributed by atoms with Crippen LogP contribution in [0.25, 0.3) is 11.1 Å². The Balaban J connectivity index is 1.12. The molecule has 2 aliphatic heterocycles. The molecule has 0 radical (unpaired) electrons. The summed E-state index contributed by atoms with van der Waals surface area (Å²) < 4.78 is 6.31. The Morgan fingerprint density at radius 2 is 1.68 bits per heavy atom. The van der Waals surface area contributed by atoms with Crippen molar-refractivity contribution < 1.29 is 19.4 Å². The van der Waals surface area contributed by atoms with Gasteiger partial charge in [0.2, 0.25) is 5.91 Å². The van der Waals surface area contributed by atoms with Crippen LogP contribution in [0.1, 0.15) is 76.1 Å². The number of piperidine rings is 1. The zero-order valence-corrected chi connectivity index (χ0v) is 26.9. The molecule has 9 nitrogen and oxygen atoms in total. The number of pyridine rings is 1. The summed E-state index contributed by atoms with van der Waals surface area (Å²) in [6, 6.07) is 22.7. The molecule has 1 atom stereocenters. The number of phenols is 1. The minimum atomic E-state index is -0.494. The van der Waals surface area contributed by atoms with E-state index in [9.17, 15) is 14.7 Å². The fraction of sp³-hybridized carbons (Fsp3) is 0.342. The van der Waals surface area contributed by atoms with E-state index in [0.29, 0.717) is 35.8 Å². The summed E-state index contributed by atoms with van der Waals surface area (Å²) in [5, 5.41) is 9.82. The van der Waals surface area contributed by atoms with E-state index >= 15 is 0 Å². The number of carbonyl (C=O) groups excluding carboxylic acids is 2. The molecule has 0 saturated carbocycles. The van der Waals surface area contributed by atoms with Crippen molar-refractivity contribution in [1.29, 1.82) is 0 Å². The number of ether oxygens (including phenoxy) is 1. The van der Waals surface area contributed by atoms with Gasteiger partial charge in [0.05, 0.1) is 0 Å². The number of rotatable bonds is 10. The van der Waals surface area contributed by atoms with Gasteiger partial charge < -0.3 is 31.1 Å². The van der Waals surface area contributed by atoms with E-state index in [-0.39, 0.29) is 17.5 Å². The second-order valence-corrected chi connectivity index (χ2v) is 12.7. The first-order chi connectivity index (χ1) is 22.7. The Morgan fingerprint density at radius 3 is 2.38 bits per heavy atom. The van der Waals surface area contributed by atoms with Gasteiger partial charge >= 0.3 is 0 Å². The molecule has 4 aromatic rings. The first kappa shape index (κ1) is 32.1. The summed E-state index contributed by atoms with van der Waals surface area (Å²) in [5.74, 6) is 0.494. The minimum Gasteiger partial charge on any atom is -0.508 e. The number of likely N-dealkylation sites (tertiary alicyclic amines) is 2. The molecule has 2 aliphatic rings. The second kappa shape index (κ2) is 14.3. The van der Waals surface area contributed by atoms with Gasteiger partial charge in [-0.1, -0.05) is 36.4 Å². The van der Waals surface area contributed by atoms with Crippen LogP contribution in [0.2, 0.25) is 0 Å². The summed E-state index contributed by atoms with van der Waals surface area (Å²) >= 11 is 0. The molecule has 3 heterocycles. The summed E-state index contributed by atoms with van der Waals surface area (Å²) in [6.07, 6.45) is 7.16. The Hall–Kier alpha value is -4.89. The lowest BCUT2D eigenvalue weighted by molar-refractivity contribution is 0.0644. The number of amides is 2. The highest BCUT2D eigenvalue weighted by molar-refractivity contribution is 5.95. The molecule has 9 heteroatoms. The SMILES string of the molecule is CC(Oc1cc(-c2ccc(C(=O)N3CCC(N4CCCC4)CC3)cc2)cnc1N)c1ccc(C(N)=O)c(CCc2cccc(O)c2)c1. The van der Waals surface area contributed by atoms with Crippen molar-refractivity contribution in [2.24, 2.45) is 5.73 Å². The quantitative estimate of drug-likeness (QED) is 0.202. The monoisotopic (exact) mass is 633 g/mol. The Labute approximate surface area is 276 Å². The van der Waals surface area contributed by atoms with Crippen molar-refractivity contribution in [3.8, 4) is 22.6 Å². The minimum absolute atomic E-state index is 0.0772. The predicted octanol–water partition coefficient (Wildman–Crippen LogP) is 5.76. The van der Waals surface area contributed by atoms with E-state index in [2.05, 4.69) is 9.88 Å². The number of carbonyl (C=O) groups is 2. The largest absolute Gasteiger partial charge is 0.508 e. The number of hydrogen-bond acceptors (Lipinski definition) is 7. The van der Waals surface area contributed by atoms with Gasteiger partial charge in [0.15, 0.2) is 11.6 Å². The van der Waals surface area contributed by atoms with E-state index < -0.39 is 12.0 Å². The lowest BCUT2D eigenvalue weighted by Gasteiger charge is -2.36. The molecule has 47 heavy (non-hydrogen) atoms. The van der Waals surface area contributed by atoms with Crippen LogP contribution in [-0.4, -0.2) is 63.9 Å². The van der Waals surface area contributed by atoms with Crippen LogP contribution in [0.15, 0.2) is 79.0 Å². The van der Waals surface area contributed by atoms with Crippen LogP contribution in [0.5, 0.6) is 11.5 Å². The van der Waals surface area contributed by atoms with Crippen LogP contribution in [-0.2, 0) is 12.8 Å². The van der Waals surface area contributed by atoms with Crippen LogP contribution in [0.4, 0.5) is 5.82 Å². The number of nitrogens with two attached hydrogens (primary N) is 2. The van der Waals surface area contributed by atoms with Crippen LogP contribution >= 0.6 is 0 Å². The average molecular weight is 634 g/mol. The number of aryl methyl sites for hydroxylation is 2. The van der Waals surface area contributed by atoms with Crippen LogP contribution < -0.4 is 16.2 Å². The second-order valence-electron chi connectivity index (χ2n) is 12.7. The highest BCUT2D eigenvalue weighted by atomic mass is 16.5. The zero-order chi connectivity index (χ0) is 32.9. The number of anilines is 1. The highest BCUT2D eigenvalue weighted by Gasteiger charge is 2.28. The molecule has 244 valence electrons. The van der Waals surface area contributed by atoms with Crippen molar-refractivity contribution in [1.82, 2.24) is 14.8 Å². The number of nitrogens with zero attached hydrogens (tertiary/aromatic N) is 3. The molecular weight excluding hydrogens is 590 g/mol. The molecule has 3 aromatic carbocycles. The van der Waals surface area contributed by atoms with E-state index in [4.69, 9.17) is 16.2 Å². The third-order valence-corrected chi connectivity index (χ3v) is 9.52. The van der Waals surface area contributed by atoms with Gasteiger partial charge in [-0.2, -0.15) is 0 Å². The highest BCUT2D eigenvalue weighted by Crippen LogP contribution is 2.32. The fourth-order valence-corrected chi connectivity index (χ4v) is 6.80. The third kappa shape index (κ3) is 7.58. The van der Waals surface area contributed by atoms with Gasteiger partial charge in [0.1, 0.15) is 11.9 Å². The van der Waals surface area contributed by atoms with Gasteiger partial charge in [0.25, 0.3) is 5.91 Å².